The molecule has 3 aromatic rings. The summed E-state index contributed by atoms with van der Waals surface area (Å²) in [5.41, 5.74) is 1.25. The Labute approximate surface area is 164 Å². The van der Waals surface area contributed by atoms with E-state index in [1.165, 1.54) is 35.7 Å². The molecule has 0 aliphatic rings. The Hall–Kier alpha value is -3.19. The van der Waals surface area contributed by atoms with Crippen LogP contribution in [0.4, 0.5) is 5.69 Å². The maximum absolute atomic E-state index is 13.4. The van der Waals surface area contributed by atoms with Crippen molar-refractivity contribution in [2.24, 2.45) is 0 Å². The molecule has 3 aromatic carbocycles. The minimum Gasteiger partial charge on any atom is -0.508 e. The summed E-state index contributed by atoms with van der Waals surface area (Å²) in [6.45, 7) is 0.112. The van der Waals surface area contributed by atoms with Crippen molar-refractivity contribution in [2.75, 3.05) is 18.5 Å². The number of aromatic hydroxyl groups is 1. The van der Waals surface area contributed by atoms with E-state index in [1.54, 1.807) is 55.6 Å². The third-order valence-corrected chi connectivity index (χ3v) is 6.06. The summed E-state index contributed by atoms with van der Waals surface area (Å²) in [4.78, 5) is 0.155. The first-order valence-electron chi connectivity index (χ1n) is 8.53. The van der Waals surface area contributed by atoms with Crippen molar-refractivity contribution in [2.45, 2.75) is 11.4 Å². The van der Waals surface area contributed by atoms with Gasteiger partial charge in [-0.15, -0.1) is 0 Å². The Morgan fingerprint density at radius 1 is 0.786 bits per heavy atom. The van der Waals surface area contributed by atoms with Crippen molar-refractivity contribution in [3.05, 3.63) is 78.4 Å². The van der Waals surface area contributed by atoms with Gasteiger partial charge in [-0.2, -0.15) is 0 Å². The van der Waals surface area contributed by atoms with Gasteiger partial charge in [-0.1, -0.05) is 12.1 Å². The van der Waals surface area contributed by atoms with Crippen molar-refractivity contribution in [3.8, 4) is 17.2 Å². The Morgan fingerprint density at radius 2 is 1.29 bits per heavy atom. The number of anilines is 1. The van der Waals surface area contributed by atoms with E-state index in [1.807, 2.05) is 0 Å². The SMILES string of the molecule is COc1ccc(N(Cc2ccc(O)cc2)S(=O)(=O)c2ccc(OC)cc2)cc1. The highest BCUT2D eigenvalue weighted by atomic mass is 32.2. The average molecular weight is 399 g/mol. The van der Waals surface area contributed by atoms with Gasteiger partial charge >= 0.3 is 0 Å². The fourth-order valence-electron chi connectivity index (χ4n) is 2.71. The molecule has 1 N–H and O–H groups in total. The van der Waals surface area contributed by atoms with Gasteiger partial charge in [-0.05, 0) is 66.2 Å². The van der Waals surface area contributed by atoms with Crippen molar-refractivity contribution >= 4 is 15.7 Å². The number of nitrogens with zero attached hydrogens (tertiary/aromatic N) is 1. The number of phenols is 1. The van der Waals surface area contributed by atoms with Gasteiger partial charge < -0.3 is 14.6 Å². The molecule has 0 aliphatic heterocycles. The highest BCUT2D eigenvalue weighted by molar-refractivity contribution is 7.92. The highest BCUT2D eigenvalue weighted by Crippen LogP contribution is 2.29. The van der Waals surface area contributed by atoms with Gasteiger partial charge in [0.05, 0.1) is 31.3 Å². The lowest BCUT2D eigenvalue weighted by molar-refractivity contribution is 0.414. The lowest BCUT2D eigenvalue weighted by Gasteiger charge is -2.25. The fraction of sp³-hybridized carbons (Fsp3) is 0.143. The summed E-state index contributed by atoms with van der Waals surface area (Å²) >= 11 is 0. The van der Waals surface area contributed by atoms with Crippen molar-refractivity contribution in [3.63, 3.8) is 0 Å². The molecule has 0 unspecified atom stereocenters. The number of hydrogen-bond donors (Lipinski definition) is 1. The summed E-state index contributed by atoms with van der Waals surface area (Å²) in [6.07, 6.45) is 0. The van der Waals surface area contributed by atoms with Gasteiger partial charge in [0.25, 0.3) is 10.0 Å². The normalized spacial score (nSPS) is 11.1. The third-order valence-electron chi connectivity index (χ3n) is 4.27. The molecule has 0 bridgehead atoms. The van der Waals surface area contributed by atoms with E-state index in [9.17, 15) is 13.5 Å². The highest BCUT2D eigenvalue weighted by Gasteiger charge is 2.25. The average Bonchev–Trinajstić information content (AvgIpc) is 2.73. The van der Waals surface area contributed by atoms with Gasteiger partial charge in [0.2, 0.25) is 0 Å². The van der Waals surface area contributed by atoms with Crippen molar-refractivity contribution < 1.29 is 23.0 Å². The van der Waals surface area contributed by atoms with Crippen LogP contribution in [0.3, 0.4) is 0 Å². The molecule has 3 rings (SSSR count). The summed E-state index contributed by atoms with van der Waals surface area (Å²) < 4.78 is 38.3. The molecule has 0 amide bonds. The second-order valence-corrected chi connectivity index (χ2v) is 7.91. The first-order valence-corrected chi connectivity index (χ1v) is 9.97. The van der Waals surface area contributed by atoms with Crippen molar-refractivity contribution in [1.82, 2.24) is 0 Å². The van der Waals surface area contributed by atoms with Gasteiger partial charge in [0, 0.05) is 0 Å². The first kappa shape index (κ1) is 19.6. The van der Waals surface area contributed by atoms with Crippen molar-refractivity contribution in [1.29, 1.82) is 0 Å². The summed E-state index contributed by atoms with van der Waals surface area (Å²) in [5, 5.41) is 9.50. The van der Waals surface area contributed by atoms with Crippen LogP contribution in [0.1, 0.15) is 5.56 Å². The maximum Gasteiger partial charge on any atom is 0.264 e. The molecule has 7 heteroatoms. The molecule has 0 saturated carbocycles. The van der Waals surface area contributed by atoms with Crippen LogP contribution >= 0.6 is 0 Å². The quantitative estimate of drug-likeness (QED) is 0.654. The zero-order valence-electron chi connectivity index (χ0n) is 15.6. The lowest BCUT2D eigenvalue weighted by Crippen LogP contribution is -2.30. The maximum atomic E-state index is 13.4. The Morgan fingerprint density at radius 3 is 1.79 bits per heavy atom. The number of phenolic OH excluding ortho intramolecular Hbond substituents is 1. The number of rotatable bonds is 7. The van der Waals surface area contributed by atoms with Gasteiger partial charge in [-0.25, -0.2) is 8.42 Å². The molecule has 0 fully saturated rings. The Kier molecular flexibility index (Phi) is 5.75. The second kappa shape index (κ2) is 8.22. The van der Waals surface area contributed by atoms with Crippen LogP contribution in [0.25, 0.3) is 0 Å². The van der Waals surface area contributed by atoms with E-state index in [0.29, 0.717) is 17.2 Å². The van der Waals surface area contributed by atoms with Crippen LogP contribution in [0.5, 0.6) is 17.2 Å². The topological polar surface area (TPSA) is 76.1 Å². The minimum atomic E-state index is -3.83. The largest absolute Gasteiger partial charge is 0.508 e. The standard InChI is InChI=1S/C21H21NO5S/c1-26-19-9-5-17(6-10-19)22(15-16-3-7-18(23)8-4-16)28(24,25)21-13-11-20(27-2)12-14-21/h3-14,23H,15H2,1-2H3. The monoisotopic (exact) mass is 399 g/mol. The first-order chi connectivity index (χ1) is 13.4. The second-order valence-electron chi connectivity index (χ2n) is 6.05. The van der Waals surface area contributed by atoms with Gasteiger partial charge in [0.1, 0.15) is 17.2 Å². The number of benzene rings is 3. The third kappa shape index (κ3) is 4.20. The van der Waals surface area contributed by atoms with Crippen LogP contribution in [0.2, 0.25) is 0 Å². The number of methoxy groups -OCH3 is 2. The van der Waals surface area contributed by atoms with E-state index in [0.717, 1.165) is 5.56 Å². The summed E-state index contributed by atoms with van der Waals surface area (Å²) in [6, 6.07) is 19.5. The fourth-order valence-corrected chi connectivity index (χ4v) is 4.16. The van der Waals surface area contributed by atoms with E-state index in [-0.39, 0.29) is 17.2 Å². The van der Waals surface area contributed by atoms with E-state index >= 15 is 0 Å². The molecule has 6 nitrogen and oxygen atoms in total. The van der Waals surface area contributed by atoms with Crippen LogP contribution in [-0.4, -0.2) is 27.7 Å². The van der Waals surface area contributed by atoms with Gasteiger partial charge in [0.15, 0.2) is 0 Å². The van der Waals surface area contributed by atoms with Crippen LogP contribution in [0.15, 0.2) is 77.7 Å². The molecule has 146 valence electrons. The number of ether oxygens (including phenoxy) is 2. The Balaban J connectivity index is 2.03. The predicted octanol–water partition coefficient (Wildman–Crippen LogP) is 3.80. The molecule has 0 aromatic heterocycles. The molecule has 0 radical (unpaired) electrons. The lowest BCUT2D eigenvalue weighted by atomic mass is 10.2. The Bertz CT molecular complexity index is 1010. The van der Waals surface area contributed by atoms with Crippen LogP contribution in [0, 0.1) is 0 Å². The van der Waals surface area contributed by atoms with Gasteiger partial charge in [-0.3, -0.25) is 4.31 Å². The van der Waals surface area contributed by atoms with Crippen LogP contribution < -0.4 is 13.8 Å². The van der Waals surface area contributed by atoms with E-state index in [2.05, 4.69) is 0 Å². The molecular weight excluding hydrogens is 378 g/mol. The van der Waals surface area contributed by atoms with E-state index in [4.69, 9.17) is 9.47 Å². The molecule has 0 spiro atoms. The predicted molar refractivity (Wildman–Crippen MR) is 107 cm³/mol. The molecule has 0 aliphatic carbocycles. The number of sulfonamides is 1. The minimum absolute atomic E-state index is 0.112. The summed E-state index contributed by atoms with van der Waals surface area (Å²) in [5.74, 6) is 1.33. The zero-order chi connectivity index (χ0) is 20.1. The molecule has 0 heterocycles. The molecule has 0 saturated heterocycles. The summed E-state index contributed by atoms with van der Waals surface area (Å²) in [7, 11) is -0.754. The number of hydrogen-bond acceptors (Lipinski definition) is 5. The smallest absolute Gasteiger partial charge is 0.264 e. The molecular formula is C21H21NO5S. The van der Waals surface area contributed by atoms with Crippen LogP contribution in [-0.2, 0) is 16.6 Å². The van der Waals surface area contributed by atoms with E-state index < -0.39 is 10.0 Å². The molecule has 28 heavy (non-hydrogen) atoms. The molecule has 0 atom stereocenters. The zero-order valence-corrected chi connectivity index (χ0v) is 16.4.